The van der Waals surface area contributed by atoms with Crippen molar-refractivity contribution >= 4 is 5.69 Å². The van der Waals surface area contributed by atoms with Crippen LogP contribution in [-0.4, -0.2) is 53.3 Å². The molecule has 0 spiro atoms. The van der Waals surface area contributed by atoms with E-state index in [1.165, 1.54) is 0 Å². The lowest BCUT2D eigenvalue weighted by Gasteiger charge is -2.23. The van der Waals surface area contributed by atoms with Crippen molar-refractivity contribution in [2.75, 3.05) is 24.6 Å². The van der Waals surface area contributed by atoms with Crippen molar-refractivity contribution in [3.05, 3.63) is 55.1 Å². The van der Waals surface area contributed by atoms with Crippen LogP contribution in [0.2, 0.25) is 0 Å². The number of rotatable bonds is 7. The standard InChI is InChI=1S/C17H24N2O3/c1-3-9-19(10-4-2)13-7-5-12(6-8-13)15-17(22)16(21)14(11-20)18-15/h3-8,14-18,20-22H,1-2,9-11H2/t14-,15+,16-,17+/m1/s1. The van der Waals surface area contributed by atoms with Gasteiger partial charge in [0.25, 0.3) is 0 Å². The molecule has 0 saturated carbocycles. The Kier molecular flexibility index (Phi) is 5.74. The summed E-state index contributed by atoms with van der Waals surface area (Å²) in [5.74, 6) is 0. The minimum atomic E-state index is -0.965. The van der Waals surface area contributed by atoms with Crippen LogP contribution in [0.5, 0.6) is 0 Å². The molecule has 1 aromatic carbocycles. The Labute approximate surface area is 131 Å². The number of nitrogens with zero attached hydrogens (tertiary/aromatic N) is 1. The van der Waals surface area contributed by atoms with Crippen molar-refractivity contribution < 1.29 is 15.3 Å². The zero-order chi connectivity index (χ0) is 16.1. The summed E-state index contributed by atoms with van der Waals surface area (Å²) in [5.41, 5.74) is 1.92. The maximum atomic E-state index is 10.1. The molecule has 1 heterocycles. The predicted octanol–water partition coefficient (Wildman–Crippen LogP) is 0.592. The molecule has 1 fully saturated rings. The van der Waals surface area contributed by atoms with E-state index in [-0.39, 0.29) is 12.6 Å². The van der Waals surface area contributed by atoms with E-state index in [4.69, 9.17) is 0 Å². The van der Waals surface area contributed by atoms with Crippen LogP contribution in [0.15, 0.2) is 49.6 Å². The fourth-order valence-electron chi connectivity index (χ4n) is 2.81. The number of nitrogens with one attached hydrogen (secondary N) is 1. The Hall–Kier alpha value is -1.66. The Morgan fingerprint density at radius 3 is 2.09 bits per heavy atom. The SMILES string of the molecule is C=CCN(CC=C)c1ccc([C@@H]2N[C@H](CO)[C@@H](O)[C@H]2O)cc1. The van der Waals surface area contributed by atoms with Crippen molar-refractivity contribution in [3.8, 4) is 0 Å². The summed E-state index contributed by atoms with van der Waals surface area (Å²) in [6, 6.07) is 6.89. The first-order valence-electron chi connectivity index (χ1n) is 7.42. The fourth-order valence-corrected chi connectivity index (χ4v) is 2.81. The van der Waals surface area contributed by atoms with Crippen LogP contribution in [0.1, 0.15) is 11.6 Å². The highest BCUT2D eigenvalue weighted by Gasteiger charge is 2.41. The van der Waals surface area contributed by atoms with Gasteiger partial charge in [0.2, 0.25) is 0 Å². The van der Waals surface area contributed by atoms with Gasteiger partial charge in [-0.25, -0.2) is 0 Å². The average Bonchev–Trinajstić information content (AvgIpc) is 2.83. The third-order valence-corrected chi connectivity index (χ3v) is 4.01. The van der Waals surface area contributed by atoms with E-state index in [2.05, 4.69) is 23.4 Å². The van der Waals surface area contributed by atoms with Gasteiger partial charge >= 0.3 is 0 Å². The van der Waals surface area contributed by atoms with E-state index < -0.39 is 18.2 Å². The minimum absolute atomic E-state index is 0.209. The number of anilines is 1. The van der Waals surface area contributed by atoms with Gasteiger partial charge in [-0.2, -0.15) is 0 Å². The number of benzene rings is 1. The predicted molar refractivity (Wildman–Crippen MR) is 87.8 cm³/mol. The Morgan fingerprint density at radius 2 is 1.64 bits per heavy atom. The van der Waals surface area contributed by atoms with Gasteiger partial charge in [-0.15, -0.1) is 13.2 Å². The second kappa shape index (κ2) is 7.56. The van der Waals surface area contributed by atoms with Crippen molar-refractivity contribution in [2.45, 2.75) is 24.3 Å². The summed E-state index contributed by atoms with van der Waals surface area (Å²) in [6.07, 6.45) is 1.78. The summed E-state index contributed by atoms with van der Waals surface area (Å²) in [6.45, 7) is 8.75. The normalized spacial score (nSPS) is 27.6. The minimum Gasteiger partial charge on any atom is -0.395 e. The number of hydrogen-bond acceptors (Lipinski definition) is 5. The number of aliphatic hydroxyl groups is 3. The first kappa shape index (κ1) is 16.7. The molecule has 0 aliphatic carbocycles. The molecule has 1 aromatic rings. The van der Waals surface area contributed by atoms with Gasteiger partial charge in [-0.1, -0.05) is 24.3 Å². The highest BCUT2D eigenvalue weighted by molar-refractivity contribution is 5.49. The molecule has 1 aliphatic heterocycles. The largest absolute Gasteiger partial charge is 0.395 e. The molecule has 2 rings (SSSR count). The Balaban J connectivity index is 2.14. The van der Waals surface area contributed by atoms with E-state index in [0.29, 0.717) is 0 Å². The highest BCUT2D eigenvalue weighted by atomic mass is 16.3. The molecule has 22 heavy (non-hydrogen) atoms. The summed E-state index contributed by atoms with van der Waals surface area (Å²) in [5, 5.41) is 32.2. The van der Waals surface area contributed by atoms with Gasteiger partial charge in [-0.3, -0.25) is 0 Å². The maximum absolute atomic E-state index is 10.1. The first-order chi connectivity index (χ1) is 10.6. The lowest BCUT2D eigenvalue weighted by Crippen LogP contribution is -2.35. The van der Waals surface area contributed by atoms with E-state index in [9.17, 15) is 15.3 Å². The molecule has 0 aromatic heterocycles. The van der Waals surface area contributed by atoms with Crippen LogP contribution in [-0.2, 0) is 0 Å². The molecule has 120 valence electrons. The molecule has 4 atom stereocenters. The van der Waals surface area contributed by atoms with Crippen LogP contribution < -0.4 is 10.2 Å². The smallest absolute Gasteiger partial charge is 0.101 e. The third-order valence-electron chi connectivity index (χ3n) is 4.01. The van der Waals surface area contributed by atoms with Gasteiger partial charge in [0.05, 0.1) is 24.8 Å². The number of aliphatic hydroxyl groups excluding tert-OH is 3. The molecule has 0 unspecified atom stereocenters. The van der Waals surface area contributed by atoms with Crippen LogP contribution in [0.3, 0.4) is 0 Å². The lowest BCUT2D eigenvalue weighted by atomic mass is 10.0. The van der Waals surface area contributed by atoms with Gasteiger partial charge in [-0.05, 0) is 17.7 Å². The Morgan fingerprint density at radius 1 is 1.05 bits per heavy atom. The molecule has 0 radical (unpaired) electrons. The molecule has 4 N–H and O–H groups in total. The van der Waals surface area contributed by atoms with Crippen LogP contribution in [0.4, 0.5) is 5.69 Å². The molecule has 5 heteroatoms. The van der Waals surface area contributed by atoms with Crippen LogP contribution in [0.25, 0.3) is 0 Å². The number of hydrogen-bond donors (Lipinski definition) is 4. The second-order valence-electron chi connectivity index (χ2n) is 5.49. The van der Waals surface area contributed by atoms with Crippen molar-refractivity contribution in [1.82, 2.24) is 5.32 Å². The third kappa shape index (κ3) is 3.39. The molecular weight excluding hydrogens is 280 g/mol. The Bertz CT molecular complexity index is 493. The molecule has 1 aliphatic rings. The molecule has 1 saturated heterocycles. The summed E-state index contributed by atoms with van der Waals surface area (Å²) < 4.78 is 0. The summed E-state index contributed by atoms with van der Waals surface area (Å²) in [4.78, 5) is 2.12. The zero-order valence-corrected chi connectivity index (χ0v) is 12.6. The van der Waals surface area contributed by atoms with Gasteiger partial charge < -0.3 is 25.5 Å². The van der Waals surface area contributed by atoms with Crippen molar-refractivity contribution in [2.24, 2.45) is 0 Å². The van der Waals surface area contributed by atoms with Gasteiger partial charge in [0.1, 0.15) is 6.10 Å². The maximum Gasteiger partial charge on any atom is 0.101 e. The monoisotopic (exact) mass is 304 g/mol. The van der Waals surface area contributed by atoms with E-state index in [1.807, 2.05) is 36.4 Å². The van der Waals surface area contributed by atoms with E-state index in [1.54, 1.807) is 0 Å². The average molecular weight is 304 g/mol. The molecule has 5 nitrogen and oxygen atoms in total. The summed E-state index contributed by atoms with van der Waals surface area (Å²) in [7, 11) is 0. The van der Waals surface area contributed by atoms with Gasteiger partial charge in [0, 0.05) is 18.8 Å². The van der Waals surface area contributed by atoms with Crippen LogP contribution >= 0.6 is 0 Å². The molecular formula is C17H24N2O3. The van der Waals surface area contributed by atoms with Crippen molar-refractivity contribution in [1.29, 1.82) is 0 Å². The van der Waals surface area contributed by atoms with Gasteiger partial charge in [0.15, 0.2) is 0 Å². The quantitative estimate of drug-likeness (QED) is 0.555. The highest BCUT2D eigenvalue weighted by Crippen LogP contribution is 2.29. The zero-order valence-electron chi connectivity index (χ0n) is 12.6. The second-order valence-corrected chi connectivity index (χ2v) is 5.49. The van der Waals surface area contributed by atoms with E-state index in [0.717, 1.165) is 24.3 Å². The van der Waals surface area contributed by atoms with Crippen LogP contribution in [0, 0.1) is 0 Å². The topological polar surface area (TPSA) is 76.0 Å². The molecule has 0 bridgehead atoms. The lowest BCUT2D eigenvalue weighted by molar-refractivity contribution is 0.0194. The van der Waals surface area contributed by atoms with Crippen molar-refractivity contribution in [3.63, 3.8) is 0 Å². The summed E-state index contributed by atoms with van der Waals surface area (Å²) >= 11 is 0. The first-order valence-corrected chi connectivity index (χ1v) is 7.42. The fraction of sp³-hybridized carbons (Fsp3) is 0.412. The van der Waals surface area contributed by atoms with E-state index >= 15 is 0 Å². The molecule has 0 amide bonds.